The van der Waals surface area contributed by atoms with Gasteiger partial charge < -0.3 is 14.8 Å². The summed E-state index contributed by atoms with van der Waals surface area (Å²) in [5.74, 6) is -0.170. The maximum atomic E-state index is 12.2. The van der Waals surface area contributed by atoms with E-state index in [0.717, 1.165) is 17.7 Å². The smallest absolute Gasteiger partial charge is 0.321 e. The molecular formula is C23H23ClN2O4S. The second-order valence-electron chi connectivity index (χ2n) is 6.41. The Morgan fingerprint density at radius 1 is 1.19 bits per heavy atom. The molecule has 0 fully saturated rings. The van der Waals surface area contributed by atoms with Gasteiger partial charge in [0.1, 0.15) is 11.6 Å². The van der Waals surface area contributed by atoms with Crippen molar-refractivity contribution in [3.05, 3.63) is 58.6 Å². The Hall–Kier alpha value is -2.95. The maximum absolute atomic E-state index is 12.2. The molecule has 0 spiro atoms. The number of methoxy groups -OCH3 is 1. The zero-order chi connectivity index (χ0) is 22.6. The van der Waals surface area contributed by atoms with E-state index in [-0.39, 0.29) is 17.1 Å². The summed E-state index contributed by atoms with van der Waals surface area (Å²) in [5, 5.41) is 12.6. The zero-order valence-electron chi connectivity index (χ0n) is 17.3. The third-order valence-electron chi connectivity index (χ3n) is 4.07. The topological polar surface area (TPSA) is 88.4 Å². The molecule has 0 heterocycles. The molecule has 0 aliphatic carbocycles. The molecule has 0 atom stereocenters. The van der Waals surface area contributed by atoms with Gasteiger partial charge in [-0.3, -0.25) is 9.59 Å². The molecule has 31 heavy (non-hydrogen) atoms. The molecule has 0 saturated carbocycles. The minimum Gasteiger partial charge on any atom is -0.493 e. The van der Waals surface area contributed by atoms with Crippen molar-refractivity contribution in [3.63, 3.8) is 0 Å². The molecule has 2 aromatic carbocycles. The van der Waals surface area contributed by atoms with Crippen molar-refractivity contribution in [2.75, 3.05) is 19.4 Å². The highest BCUT2D eigenvalue weighted by Gasteiger charge is 2.13. The number of rotatable bonds is 10. The summed E-state index contributed by atoms with van der Waals surface area (Å²) in [6.07, 6.45) is 3.25. The van der Waals surface area contributed by atoms with Gasteiger partial charge in [0.25, 0.3) is 5.91 Å². The van der Waals surface area contributed by atoms with Gasteiger partial charge in [-0.05, 0) is 54.5 Å². The van der Waals surface area contributed by atoms with Crippen LogP contribution in [0.3, 0.4) is 0 Å². The van der Waals surface area contributed by atoms with E-state index in [1.54, 1.807) is 30.3 Å². The molecule has 0 aromatic heterocycles. The van der Waals surface area contributed by atoms with Gasteiger partial charge in [-0.15, -0.1) is 11.8 Å². The van der Waals surface area contributed by atoms with Crippen LogP contribution in [-0.2, 0) is 9.59 Å². The van der Waals surface area contributed by atoms with Crippen LogP contribution in [0.2, 0.25) is 5.02 Å². The summed E-state index contributed by atoms with van der Waals surface area (Å²) in [5.41, 5.74) is 0.566. The molecule has 6 nitrogen and oxygen atoms in total. The number of amides is 1. The summed E-state index contributed by atoms with van der Waals surface area (Å²) in [7, 11) is 1.45. The van der Waals surface area contributed by atoms with Gasteiger partial charge in [0.2, 0.25) is 0 Å². The Balaban J connectivity index is 2.04. The van der Waals surface area contributed by atoms with Gasteiger partial charge >= 0.3 is 5.97 Å². The van der Waals surface area contributed by atoms with Crippen molar-refractivity contribution in [2.45, 2.75) is 24.7 Å². The van der Waals surface area contributed by atoms with E-state index >= 15 is 0 Å². The van der Waals surface area contributed by atoms with Crippen LogP contribution in [0.15, 0.2) is 52.9 Å². The first-order valence-electron chi connectivity index (χ1n) is 9.64. The number of hydrogen-bond acceptors (Lipinski definition) is 6. The lowest BCUT2D eigenvalue weighted by atomic mass is 10.1. The van der Waals surface area contributed by atoms with Crippen molar-refractivity contribution >= 4 is 41.3 Å². The highest BCUT2D eigenvalue weighted by atomic mass is 35.5. The monoisotopic (exact) mass is 458 g/mol. The molecule has 2 aromatic rings. The van der Waals surface area contributed by atoms with Crippen LogP contribution in [0, 0.1) is 11.3 Å². The largest absolute Gasteiger partial charge is 0.493 e. The molecule has 8 heteroatoms. The number of ether oxygens (including phenoxy) is 2. The molecule has 0 saturated heterocycles. The molecule has 162 valence electrons. The minimum absolute atomic E-state index is 0.0118. The van der Waals surface area contributed by atoms with Crippen LogP contribution < -0.4 is 14.8 Å². The average molecular weight is 459 g/mol. The SMILES string of the molecule is CCCCNC(=O)/C(C#N)=C/c1ccc(OC(=O)CSc2ccc(Cl)cc2)c(OC)c1. The van der Waals surface area contributed by atoms with Gasteiger partial charge in [-0.25, -0.2) is 0 Å². The maximum Gasteiger partial charge on any atom is 0.321 e. The number of carbonyl (C=O) groups is 2. The highest BCUT2D eigenvalue weighted by molar-refractivity contribution is 8.00. The van der Waals surface area contributed by atoms with Crippen LogP contribution in [0.1, 0.15) is 25.3 Å². The fraction of sp³-hybridized carbons (Fsp3) is 0.261. The Bertz CT molecular complexity index is 984. The van der Waals surface area contributed by atoms with Crippen LogP contribution in [-0.4, -0.2) is 31.3 Å². The van der Waals surface area contributed by atoms with Crippen LogP contribution in [0.4, 0.5) is 0 Å². The van der Waals surface area contributed by atoms with E-state index in [2.05, 4.69) is 5.32 Å². The number of carbonyl (C=O) groups excluding carboxylic acids is 2. The number of nitrogens with one attached hydrogen (secondary N) is 1. The van der Waals surface area contributed by atoms with Crippen molar-refractivity contribution in [1.29, 1.82) is 5.26 Å². The van der Waals surface area contributed by atoms with Gasteiger partial charge in [0.15, 0.2) is 11.5 Å². The molecule has 2 rings (SSSR count). The highest BCUT2D eigenvalue weighted by Crippen LogP contribution is 2.30. The second kappa shape index (κ2) is 12.7. The number of nitriles is 1. The van der Waals surface area contributed by atoms with E-state index in [9.17, 15) is 14.9 Å². The molecule has 0 bridgehead atoms. The average Bonchev–Trinajstić information content (AvgIpc) is 2.78. The first kappa shape index (κ1) is 24.3. The molecule has 0 aliphatic heterocycles. The van der Waals surface area contributed by atoms with Crippen LogP contribution >= 0.6 is 23.4 Å². The van der Waals surface area contributed by atoms with Crippen LogP contribution in [0.25, 0.3) is 6.08 Å². The Morgan fingerprint density at radius 3 is 2.58 bits per heavy atom. The summed E-state index contributed by atoms with van der Waals surface area (Å²) in [6.45, 7) is 2.53. The van der Waals surface area contributed by atoms with Crippen molar-refractivity contribution in [1.82, 2.24) is 5.32 Å². The molecule has 1 N–H and O–H groups in total. The van der Waals surface area contributed by atoms with Crippen molar-refractivity contribution < 1.29 is 19.1 Å². The van der Waals surface area contributed by atoms with Gasteiger partial charge in [-0.1, -0.05) is 31.0 Å². The first-order valence-corrected chi connectivity index (χ1v) is 11.0. The van der Waals surface area contributed by atoms with E-state index in [1.165, 1.54) is 24.9 Å². The third kappa shape index (κ3) is 8.00. The standard InChI is InChI=1S/C23H23ClN2O4S/c1-3-4-11-26-23(28)17(14-25)12-16-5-10-20(21(13-16)29-2)30-22(27)15-31-19-8-6-18(24)7-9-19/h5-10,12-13H,3-4,11,15H2,1-2H3,(H,26,28)/b17-12+. The summed E-state index contributed by atoms with van der Waals surface area (Å²) in [6, 6.07) is 13.9. The van der Waals surface area contributed by atoms with E-state index in [1.807, 2.05) is 25.1 Å². The first-order chi connectivity index (χ1) is 15.0. The van der Waals surface area contributed by atoms with Gasteiger partial charge in [0.05, 0.1) is 12.9 Å². The Kier molecular flexibility index (Phi) is 9.95. The predicted octanol–water partition coefficient (Wildman–Crippen LogP) is 4.87. The number of esters is 1. The van der Waals surface area contributed by atoms with E-state index < -0.39 is 11.9 Å². The second-order valence-corrected chi connectivity index (χ2v) is 7.89. The molecular weight excluding hydrogens is 436 g/mol. The Morgan fingerprint density at radius 2 is 1.94 bits per heavy atom. The van der Waals surface area contributed by atoms with Gasteiger partial charge in [0, 0.05) is 16.5 Å². The number of hydrogen-bond donors (Lipinski definition) is 1. The van der Waals surface area contributed by atoms with Gasteiger partial charge in [-0.2, -0.15) is 5.26 Å². The molecule has 0 radical (unpaired) electrons. The molecule has 1 amide bonds. The fourth-order valence-electron chi connectivity index (χ4n) is 2.47. The lowest BCUT2D eigenvalue weighted by molar-refractivity contribution is -0.131. The summed E-state index contributed by atoms with van der Waals surface area (Å²) < 4.78 is 10.7. The number of halogens is 1. The number of unbranched alkanes of at least 4 members (excludes halogenated alkanes) is 1. The quantitative estimate of drug-likeness (QED) is 0.136. The minimum atomic E-state index is -0.436. The lowest BCUT2D eigenvalue weighted by Gasteiger charge is -2.10. The summed E-state index contributed by atoms with van der Waals surface area (Å²) in [4.78, 5) is 25.2. The number of benzene rings is 2. The Labute approximate surface area is 191 Å². The number of nitrogens with zero attached hydrogens (tertiary/aromatic N) is 1. The van der Waals surface area contributed by atoms with E-state index in [4.69, 9.17) is 21.1 Å². The zero-order valence-corrected chi connectivity index (χ0v) is 18.9. The molecule has 0 unspecified atom stereocenters. The third-order valence-corrected chi connectivity index (χ3v) is 5.31. The van der Waals surface area contributed by atoms with Crippen molar-refractivity contribution in [3.8, 4) is 17.6 Å². The van der Waals surface area contributed by atoms with Crippen LogP contribution in [0.5, 0.6) is 11.5 Å². The normalized spacial score (nSPS) is 10.8. The van der Waals surface area contributed by atoms with Crippen molar-refractivity contribution in [2.24, 2.45) is 0 Å². The van der Waals surface area contributed by atoms with E-state index in [0.29, 0.717) is 22.9 Å². The number of thioether (sulfide) groups is 1. The summed E-state index contributed by atoms with van der Waals surface area (Å²) >= 11 is 7.19. The lowest BCUT2D eigenvalue weighted by Crippen LogP contribution is -2.25. The molecule has 0 aliphatic rings. The predicted molar refractivity (Wildman–Crippen MR) is 122 cm³/mol. The fourth-order valence-corrected chi connectivity index (χ4v) is 3.27.